The van der Waals surface area contributed by atoms with Gasteiger partial charge >= 0.3 is 5.69 Å². The Bertz CT molecular complexity index is 715. The van der Waals surface area contributed by atoms with Crippen molar-refractivity contribution in [2.24, 2.45) is 5.92 Å². The summed E-state index contributed by atoms with van der Waals surface area (Å²) in [6.45, 7) is 1.33. The number of aromatic nitrogens is 1. The zero-order valence-corrected chi connectivity index (χ0v) is 13.8. The molecule has 1 fully saturated rings. The number of aliphatic hydroxyl groups excluding tert-OH is 1. The normalized spacial score (nSPS) is 16.8. The minimum absolute atomic E-state index is 0.0224. The third kappa shape index (κ3) is 3.49. The zero-order valence-electron chi connectivity index (χ0n) is 13.0. The predicted octanol–water partition coefficient (Wildman–Crippen LogP) is 3.59. The average Bonchev–Trinajstić information content (AvgIpc) is 2.62. The van der Waals surface area contributed by atoms with Gasteiger partial charge in [-0.25, -0.2) is 0 Å². The molecule has 126 valence electrons. The van der Waals surface area contributed by atoms with Crippen molar-refractivity contribution < 1.29 is 10.0 Å². The summed E-state index contributed by atoms with van der Waals surface area (Å²) < 4.78 is 0. The van der Waals surface area contributed by atoms with Crippen molar-refractivity contribution in [3.05, 3.63) is 63.4 Å². The van der Waals surface area contributed by atoms with E-state index in [9.17, 15) is 15.2 Å². The molecule has 7 heteroatoms. The monoisotopic (exact) mass is 347 g/mol. The first-order valence-corrected chi connectivity index (χ1v) is 8.21. The molecule has 24 heavy (non-hydrogen) atoms. The number of halogens is 1. The van der Waals surface area contributed by atoms with Crippen LogP contribution in [0.3, 0.4) is 0 Å². The van der Waals surface area contributed by atoms with Gasteiger partial charge in [0.1, 0.15) is 11.9 Å². The molecule has 3 rings (SSSR count). The summed E-state index contributed by atoms with van der Waals surface area (Å²) in [5.74, 6) is 0.128. The van der Waals surface area contributed by atoms with E-state index in [-0.39, 0.29) is 11.6 Å². The van der Waals surface area contributed by atoms with Crippen molar-refractivity contribution >= 4 is 23.0 Å². The first-order chi connectivity index (χ1) is 11.6. The molecule has 0 radical (unpaired) electrons. The molecule has 1 atom stereocenters. The Morgan fingerprint density at radius 2 is 1.92 bits per heavy atom. The molecule has 0 unspecified atom stereocenters. The molecule has 1 aromatic carbocycles. The van der Waals surface area contributed by atoms with E-state index < -0.39 is 11.0 Å². The molecule has 2 heterocycles. The number of aliphatic hydroxyl groups is 1. The molecule has 0 aliphatic carbocycles. The Morgan fingerprint density at radius 3 is 2.54 bits per heavy atom. The van der Waals surface area contributed by atoms with Gasteiger partial charge in [-0.2, -0.15) is 0 Å². The van der Waals surface area contributed by atoms with Gasteiger partial charge in [0, 0.05) is 24.3 Å². The lowest BCUT2D eigenvalue weighted by Crippen LogP contribution is -2.36. The fourth-order valence-corrected chi connectivity index (χ4v) is 3.30. The van der Waals surface area contributed by atoms with Crippen LogP contribution >= 0.6 is 11.6 Å². The first kappa shape index (κ1) is 16.7. The van der Waals surface area contributed by atoms with Gasteiger partial charge in [-0.05, 0) is 42.5 Å². The van der Waals surface area contributed by atoms with Gasteiger partial charge in [-0.15, -0.1) is 0 Å². The van der Waals surface area contributed by atoms with Crippen LogP contribution in [0.4, 0.5) is 11.4 Å². The van der Waals surface area contributed by atoms with Crippen LogP contribution in [0.2, 0.25) is 5.02 Å². The van der Waals surface area contributed by atoms with Crippen molar-refractivity contribution in [3.63, 3.8) is 0 Å². The number of benzene rings is 1. The van der Waals surface area contributed by atoms with Crippen LogP contribution in [0.5, 0.6) is 0 Å². The summed E-state index contributed by atoms with van der Waals surface area (Å²) >= 11 is 5.88. The molecule has 2 aromatic rings. The highest BCUT2D eigenvalue weighted by Gasteiger charge is 2.29. The largest absolute Gasteiger partial charge is 0.388 e. The SMILES string of the molecule is O=[N+]([O-])c1cnccc1N1CCC([C@H](O)c2ccc(Cl)cc2)CC1. The predicted molar refractivity (Wildman–Crippen MR) is 92.2 cm³/mol. The van der Waals surface area contributed by atoms with Gasteiger partial charge in [-0.3, -0.25) is 15.1 Å². The molecule has 1 aromatic heterocycles. The zero-order chi connectivity index (χ0) is 17.1. The van der Waals surface area contributed by atoms with Crippen molar-refractivity contribution in [3.8, 4) is 0 Å². The minimum atomic E-state index is -0.545. The van der Waals surface area contributed by atoms with Crippen LogP contribution in [-0.2, 0) is 0 Å². The summed E-state index contributed by atoms with van der Waals surface area (Å²) in [7, 11) is 0. The molecule has 1 saturated heterocycles. The number of hydrogen-bond donors (Lipinski definition) is 1. The Morgan fingerprint density at radius 1 is 1.25 bits per heavy atom. The third-order valence-corrected chi connectivity index (χ3v) is 4.76. The summed E-state index contributed by atoms with van der Waals surface area (Å²) in [4.78, 5) is 16.6. The fraction of sp³-hybridized carbons (Fsp3) is 0.353. The third-order valence-electron chi connectivity index (χ3n) is 4.51. The number of nitrogens with zero attached hydrogens (tertiary/aromatic N) is 3. The van der Waals surface area contributed by atoms with Crippen LogP contribution in [0.1, 0.15) is 24.5 Å². The highest BCUT2D eigenvalue weighted by molar-refractivity contribution is 6.30. The number of anilines is 1. The smallest absolute Gasteiger partial charge is 0.310 e. The van der Waals surface area contributed by atoms with E-state index in [0.717, 1.165) is 18.4 Å². The van der Waals surface area contributed by atoms with Crippen molar-refractivity contribution in [1.29, 1.82) is 0 Å². The molecular weight excluding hydrogens is 330 g/mol. The van der Waals surface area contributed by atoms with Gasteiger partial charge < -0.3 is 10.0 Å². The molecule has 1 aliphatic rings. The number of pyridine rings is 1. The van der Waals surface area contributed by atoms with Gasteiger partial charge in [0.15, 0.2) is 0 Å². The Kier molecular flexibility index (Phi) is 4.97. The van der Waals surface area contributed by atoms with Gasteiger partial charge in [0.2, 0.25) is 0 Å². The van der Waals surface area contributed by atoms with E-state index >= 15 is 0 Å². The Labute approximate surface area is 144 Å². The molecule has 1 N–H and O–H groups in total. The lowest BCUT2D eigenvalue weighted by atomic mass is 9.87. The number of hydrogen-bond acceptors (Lipinski definition) is 5. The van der Waals surface area contributed by atoms with E-state index in [0.29, 0.717) is 23.8 Å². The number of nitro groups is 1. The van der Waals surface area contributed by atoms with Gasteiger partial charge in [-0.1, -0.05) is 23.7 Å². The molecular formula is C17H18ClN3O3. The highest BCUT2D eigenvalue weighted by atomic mass is 35.5. The van der Waals surface area contributed by atoms with Crippen LogP contribution in [0.15, 0.2) is 42.7 Å². The number of piperidine rings is 1. The summed E-state index contributed by atoms with van der Waals surface area (Å²) in [5.41, 5.74) is 1.47. The van der Waals surface area contributed by atoms with Gasteiger partial charge in [0.25, 0.3) is 0 Å². The van der Waals surface area contributed by atoms with Crippen LogP contribution in [0, 0.1) is 16.0 Å². The molecule has 0 saturated carbocycles. The topological polar surface area (TPSA) is 79.5 Å². The van der Waals surface area contributed by atoms with Gasteiger partial charge in [0.05, 0.1) is 11.0 Å². The van der Waals surface area contributed by atoms with Crippen molar-refractivity contribution in [2.45, 2.75) is 18.9 Å². The molecule has 0 bridgehead atoms. The second-order valence-corrected chi connectivity index (χ2v) is 6.38. The molecule has 0 spiro atoms. The van der Waals surface area contributed by atoms with Crippen LogP contribution in [0.25, 0.3) is 0 Å². The first-order valence-electron chi connectivity index (χ1n) is 7.83. The van der Waals surface area contributed by atoms with Crippen molar-refractivity contribution in [1.82, 2.24) is 4.98 Å². The molecule has 1 aliphatic heterocycles. The Balaban J connectivity index is 1.68. The van der Waals surface area contributed by atoms with Crippen LogP contribution < -0.4 is 4.90 Å². The molecule has 0 amide bonds. The van der Waals surface area contributed by atoms with Crippen LogP contribution in [-0.4, -0.2) is 28.1 Å². The summed E-state index contributed by atoms with van der Waals surface area (Å²) in [6, 6.07) is 8.90. The van der Waals surface area contributed by atoms with E-state index in [1.807, 2.05) is 17.0 Å². The second kappa shape index (κ2) is 7.15. The minimum Gasteiger partial charge on any atom is -0.388 e. The lowest BCUT2D eigenvalue weighted by molar-refractivity contribution is -0.384. The highest BCUT2D eigenvalue weighted by Crippen LogP contribution is 2.35. The average molecular weight is 348 g/mol. The van der Waals surface area contributed by atoms with Crippen molar-refractivity contribution in [2.75, 3.05) is 18.0 Å². The van der Waals surface area contributed by atoms with E-state index in [2.05, 4.69) is 4.98 Å². The summed E-state index contributed by atoms with van der Waals surface area (Å²) in [5, 5.41) is 22.3. The quantitative estimate of drug-likeness (QED) is 0.675. The number of rotatable bonds is 4. The summed E-state index contributed by atoms with van der Waals surface area (Å²) in [6.07, 6.45) is 3.84. The lowest BCUT2D eigenvalue weighted by Gasteiger charge is -2.35. The fourth-order valence-electron chi connectivity index (χ4n) is 3.18. The maximum absolute atomic E-state index is 11.1. The maximum atomic E-state index is 11.1. The maximum Gasteiger partial charge on any atom is 0.310 e. The Hall–Kier alpha value is -2.18. The molecule has 6 nitrogen and oxygen atoms in total. The van der Waals surface area contributed by atoms with E-state index in [4.69, 9.17) is 11.6 Å². The standard InChI is InChI=1S/C17H18ClN3O3/c18-14-3-1-12(2-4-14)17(22)13-6-9-20(10-7-13)15-5-8-19-11-16(15)21(23)24/h1-5,8,11,13,17,22H,6-7,9-10H2/t17-/m1/s1. The van der Waals surface area contributed by atoms with E-state index in [1.165, 1.54) is 6.20 Å². The van der Waals surface area contributed by atoms with E-state index in [1.54, 1.807) is 24.4 Å². The second-order valence-electron chi connectivity index (χ2n) is 5.94.